The summed E-state index contributed by atoms with van der Waals surface area (Å²) in [5, 5.41) is 1.35. The van der Waals surface area contributed by atoms with Gasteiger partial charge in [0.25, 0.3) is 0 Å². The van der Waals surface area contributed by atoms with E-state index in [0.717, 1.165) is 18.4 Å². The number of esters is 1. The number of rotatable bonds is 11. The van der Waals surface area contributed by atoms with Crippen molar-refractivity contribution in [3.05, 3.63) is 35.9 Å². The Morgan fingerprint density at radius 3 is 2.68 bits per heavy atom. The number of ether oxygens (including phenoxy) is 1. The number of hydrogen-bond acceptors (Lipinski definition) is 5. The Balaban J connectivity index is 1.66. The molecule has 1 heterocycles. The maximum atomic E-state index is 11.9. The molecule has 25 heavy (non-hydrogen) atoms. The quantitative estimate of drug-likeness (QED) is 0.266. The van der Waals surface area contributed by atoms with Crippen LogP contribution in [0.4, 0.5) is 0 Å². The van der Waals surface area contributed by atoms with Crippen LogP contribution < -0.4 is 0 Å². The normalized spacial score (nSPS) is 16.4. The first kappa shape index (κ1) is 19.1. The number of carbonyl (C=O) groups excluding carboxylic acids is 3. The first-order valence-corrected chi connectivity index (χ1v) is 8.76. The van der Waals surface area contributed by atoms with E-state index >= 15 is 0 Å². The summed E-state index contributed by atoms with van der Waals surface area (Å²) in [5.74, 6) is -0.712. The zero-order chi connectivity index (χ0) is 18.1. The summed E-state index contributed by atoms with van der Waals surface area (Å²) in [6.45, 7) is 2.69. The van der Waals surface area contributed by atoms with Crippen LogP contribution in [0.1, 0.15) is 51.0 Å². The second-order valence-electron chi connectivity index (χ2n) is 6.16. The van der Waals surface area contributed by atoms with E-state index in [1.165, 1.54) is 5.06 Å². The van der Waals surface area contributed by atoms with Gasteiger partial charge in [0.05, 0.1) is 19.1 Å². The molecule has 1 aromatic carbocycles. The maximum Gasteiger partial charge on any atom is 0.313 e. The third kappa shape index (κ3) is 6.31. The predicted octanol–water partition coefficient (Wildman–Crippen LogP) is 2.80. The fourth-order valence-corrected chi connectivity index (χ4v) is 2.54. The summed E-state index contributed by atoms with van der Waals surface area (Å²) < 4.78 is 4.98. The molecule has 1 atom stereocenters. The summed E-state index contributed by atoms with van der Waals surface area (Å²) >= 11 is 0. The van der Waals surface area contributed by atoms with Gasteiger partial charge in [0, 0.05) is 6.42 Å². The Labute approximate surface area is 148 Å². The molecule has 1 amide bonds. The van der Waals surface area contributed by atoms with E-state index in [1.807, 2.05) is 37.3 Å². The lowest BCUT2D eigenvalue weighted by molar-refractivity contribution is -0.234. The fraction of sp³-hybridized carbons (Fsp3) is 0.526. The first-order chi connectivity index (χ1) is 12.1. The molecule has 1 saturated heterocycles. The molecule has 1 aliphatic heterocycles. The largest absolute Gasteiger partial charge is 0.465 e. The van der Waals surface area contributed by atoms with E-state index in [1.54, 1.807) is 0 Å². The zero-order valence-electron chi connectivity index (χ0n) is 14.6. The minimum absolute atomic E-state index is 0.0765. The van der Waals surface area contributed by atoms with Crippen LogP contribution in [0.5, 0.6) is 0 Å². The van der Waals surface area contributed by atoms with E-state index in [2.05, 4.69) is 0 Å². The Hall–Kier alpha value is -2.21. The van der Waals surface area contributed by atoms with Crippen LogP contribution in [-0.4, -0.2) is 35.4 Å². The molecule has 0 N–H and O–H groups in total. The molecule has 0 aliphatic carbocycles. The Morgan fingerprint density at radius 1 is 1.24 bits per heavy atom. The molecule has 136 valence electrons. The Morgan fingerprint density at radius 2 is 2.00 bits per heavy atom. The van der Waals surface area contributed by atoms with Crippen LogP contribution in [0, 0.1) is 0 Å². The number of hydrogen-bond donors (Lipinski definition) is 0. The molecule has 0 radical (unpaired) electrons. The minimum atomic E-state index is -0.472. The summed E-state index contributed by atoms with van der Waals surface area (Å²) in [5.41, 5.74) is 0.979. The van der Waals surface area contributed by atoms with Crippen LogP contribution in [0.2, 0.25) is 0 Å². The van der Waals surface area contributed by atoms with Gasteiger partial charge in [-0.3, -0.25) is 19.2 Å². The number of ketones is 1. The number of β-lactam (4-membered cyclic amide) rings is 1. The summed E-state index contributed by atoms with van der Waals surface area (Å²) in [6, 6.07) is 9.48. The van der Waals surface area contributed by atoms with Crippen molar-refractivity contribution in [3.8, 4) is 0 Å². The number of benzene rings is 1. The zero-order valence-corrected chi connectivity index (χ0v) is 14.6. The van der Waals surface area contributed by atoms with Gasteiger partial charge in [-0.15, -0.1) is 0 Å². The van der Waals surface area contributed by atoms with Gasteiger partial charge in [0.1, 0.15) is 18.8 Å². The van der Waals surface area contributed by atoms with E-state index in [0.29, 0.717) is 26.1 Å². The lowest BCUT2D eigenvalue weighted by atomic mass is 9.98. The van der Waals surface area contributed by atoms with E-state index in [4.69, 9.17) is 9.57 Å². The van der Waals surface area contributed by atoms with Gasteiger partial charge in [-0.05, 0) is 18.4 Å². The lowest BCUT2D eigenvalue weighted by Gasteiger charge is -2.38. The first-order valence-electron chi connectivity index (χ1n) is 8.76. The minimum Gasteiger partial charge on any atom is -0.465 e. The number of unbranched alkanes of at least 4 members (excludes halogenated alkanes) is 1. The third-order valence-electron chi connectivity index (χ3n) is 4.06. The van der Waals surface area contributed by atoms with Gasteiger partial charge in [-0.1, -0.05) is 43.7 Å². The number of amides is 1. The maximum absolute atomic E-state index is 11.9. The molecule has 1 aromatic rings. The number of Topliss-reactive ketones (excluding diaryl/α,β-unsaturated/α-hetero) is 1. The van der Waals surface area contributed by atoms with Crippen LogP contribution >= 0.6 is 0 Å². The molecular weight excluding hydrogens is 322 g/mol. The lowest BCUT2D eigenvalue weighted by Crippen LogP contribution is -2.52. The fourth-order valence-electron chi connectivity index (χ4n) is 2.54. The van der Waals surface area contributed by atoms with Crippen LogP contribution in [0.15, 0.2) is 30.3 Å². The molecule has 6 nitrogen and oxygen atoms in total. The van der Waals surface area contributed by atoms with Gasteiger partial charge in [-0.25, -0.2) is 5.06 Å². The molecule has 0 unspecified atom stereocenters. The molecule has 0 saturated carbocycles. The summed E-state index contributed by atoms with van der Waals surface area (Å²) in [7, 11) is 0. The van der Waals surface area contributed by atoms with Crippen molar-refractivity contribution >= 4 is 17.7 Å². The van der Waals surface area contributed by atoms with Crippen LogP contribution in [-0.2, 0) is 30.6 Å². The van der Waals surface area contributed by atoms with E-state index < -0.39 is 5.97 Å². The van der Waals surface area contributed by atoms with Gasteiger partial charge >= 0.3 is 5.97 Å². The standard InChI is InChI=1S/C19H25NO5/c1-2-3-11-24-19(23)13-17(21)10-9-16-12-18(22)20(16)25-14-15-7-5-4-6-8-15/h4-8,16H,2-3,9-14H2,1H3/t16-/m1/s1. The Bertz CT molecular complexity index is 587. The van der Waals surface area contributed by atoms with Crippen molar-refractivity contribution in [3.63, 3.8) is 0 Å². The molecule has 2 rings (SSSR count). The van der Waals surface area contributed by atoms with E-state index in [-0.39, 0.29) is 30.6 Å². The molecule has 1 fully saturated rings. The monoisotopic (exact) mass is 347 g/mol. The average molecular weight is 347 g/mol. The van der Waals surface area contributed by atoms with Crippen molar-refractivity contribution in [1.29, 1.82) is 0 Å². The average Bonchev–Trinajstić information content (AvgIpc) is 2.59. The van der Waals surface area contributed by atoms with Gasteiger partial charge in [-0.2, -0.15) is 0 Å². The molecule has 6 heteroatoms. The van der Waals surface area contributed by atoms with E-state index in [9.17, 15) is 14.4 Å². The highest BCUT2D eigenvalue weighted by molar-refractivity contribution is 5.95. The van der Waals surface area contributed by atoms with Crippen molar-refractivity contribution < 1.29 is 24.0 Å². The molecule has 1 aliphatic rings. The molecule has 0 spiro atoms. The highest BCUT2D eigenvalue weighted by Crippen LogP contribution is 2.25. The highest BCUT2D eigenvalue weighted by atomic mass is 16.7. The molecule has 0 bridgehead atoms. The topological polar surface area (TPSA) is 72.9 Å². The van der Waals surface area contributed by atoms with Gasteiger partial charge in [0.15, 0.2) is 0 Å². The highest BCUT2D eigenvalue weighted by Gasteiger charge is 2.37. The van der Waals surface area contributed by atoms with Gasteiger partial charge < -0.3 is 4.74 Å². The summed E-state index contributed by atoms with van der Waals surface area (Å²) in [6.07, 6.45) is 2.67. The summed E-state index contributed by atoms with van der Waals surface area (Å²) in [4.78, 5) is 40.6. The SMILES string of the molecule is CCCCOC(=O)CC(=O)CC[C@@H]1CC(=O)N1OCc1ccccc1. The van der Waals surface area contributed by atoms with Crippen molar-refractivity contribution in [2.45, 2.75) is 58.1 Å². The number of hydroxylamine groups is 2. The number of nitrogens with zero attached hydrogens (tertiary/aromatic N) is 1. The predicted molar refractivity (Wildman–Crippen MR) is 91.2 cm³/mol. The van der Waals surface area contributed by atoms with Crippen LogP contribution in [0.25, 0.3) is 0 Å². The second-order valence-corrected chi connectivity index (χ2v) is 6.16. The van der Waals surface area contributed by atoms with Crippen molar-refractivity contribution in [2.24, 2.45) is 0 Å². The van der Waals surface area contributed by atoms with Crippen molar-refractivity contribution in [1.82, 2.24) is 5.06 Å². The van der Waals surface area contributed by atoms with Crippen LogP contribution in [0.3, 0.4) is 0 Å². The second kappa shape index (κ2) is 9.93. The molecule has 0 aromatic heterocycles. The Kier molecular flexibility index (Phi) is 7.60. The van der Waals surface area contributed by atoms with Crippen molar-refractivity contribution in [2.75, 3.05) is 6.61 Å². The third-order valence-corrected chi connectivity index (χ3v) is 4.06. The number of carbonyl (C=O) groups is 3. The molecular formula is C19H25NO5. The van der Waals surface area contributed by atoms with Gasteiger partial charge in [0.2, 0.25) is 5.91 Å². The smallest absolute Gasteiger partial charge is 0.313 e.